The van der Waals surface area contributed by atoms with Crippen LogP contribution in [-0.2, 0) is 13.6 Å². The van der Waals surface area contributed by atoms with Gasteiger partial charge < -0.3 is 4.57 Å². The minimum Gasteiger partial charge on any atom is -0.334 e. The Hall–Kier alpha value is -1.86. The Morgan fingerprint density at radius 3 is 3.06 bits per heavy atom. The summed E-state index contributed by atoms with van der Waals surface area (Å²) in [5, 5.41) is 8.58. The maximum Gasteiger partial charge on any atom is 0.0955 e. The Labute approximate surface area is 94.7 Å². The number of imidazole rings is 1. The maximum atomic E-state index is 8.58. The van der Waals surface area contributed by atoms with Gasteiger partial charge in [0, 0.05) is 13.6 Å². The lowest BCUT2D eigenvalue weighted by molar-refractivity contribution is 0.367. The summed E-state index contributed by atoms with van der Waals surface area (Å²) in [6.45, 7) is 1.22. The van der Waals surface area contributed by atoms with Crippen LogP contribution < -0.4 is 0 Å². The van der Waals surface area contributed by atoms with Crippen LogP contribution in [0.4, 0.5) is 0 Å². The first kappa shape index (κ1) is 10.7. The van der Waals surface area contributed by atoms with Crippen LogP contribution in [0.25, 0.3) is 11.0 Å². The van der Waals surface area contributed by atoms with Crippen LogP contribution in [0.2, 0.25) is 0 Å². The van der Waals surface area contributed by atoms with Crippen LogP contribution in [0.1, 0.15) is 5.56 Å². The zero-order valence-corrected chi connectivity index (χ0v) is 9.51. The third kappa shape index (κ3) is 2.05. The van der Waals surface area contributed by atoms with Crippen molar-refractivity contribution in [3.8, 4) is 6.07 Å². The summed E-state index contributed by atoms with van der Waals surface area (Å²) in [6, 6.07) is 8.36. The molecule has 4 heteroatoms. The molecule has 4 nitrogen and oxygen atoms in total. The molecule has 0 bridgehead atoms. The SMILES string of the molecule is CN(CC#N)Cc1ccc2c(c1)ncn2C. The average Bonchev–Trinajstić information content (AvgIpc) is 2.60. The molecule has 0 saturated heterocycles. The molecule has 16 heavy (non-hydrogen) atoms. The van der Waals surface area contributed by atoms with Gasteiger partial charge in [-0.3, -0.25) is 4.90 Å². The third-order valence-electron chi connectivity index (χ3n) is 2.58. The smallest absolute Gasteiger partial charge is 0.0955 e. The van der Waals surface area contributed by atoms with E-state index in [0.717, 1.165) is 17.6 Å². The molecule has 82 valence electrons. The summed E-state index contributed by atoms with van der Waals surface area (Å²) in [4.78, 5) is 6.29. The number of nitriles is 1. The number of nitrogens with zero attached hydrogens (tertiary/aromatic N) is 4. The van der Waals surface area contributed by atoms with Gasteiger partial charge in [0.15, 0.2) is 0 Å². The van der Waals surface area contributed by atoms with E-state index in [2.05, 4.69) is 29.3 Å². The van der Waals surface area contributed by atoms with Crippen LogP contribution in [0.15, 0.2) is 24.5 Å². The molecule has 1 aromatic heterocycles. The molecular formula is C12H14N4. The molecular weight excluding hydrogens is 200 g/mol. The second-order valence-corrected chi connectivity index (χ2v) is 4.01. The van der Waals surface area contributed by atoms with Crippen LogP contribution in [0.5, 0.6) is 0 Å². The number of benzene rings is 1. The number of fused-ring (bicyclic) bond motifs is 1. The predicted molar refractivity (Wildman–Crippen MR) is 62.7 cm³/mol. The molecule has 1 heterocycles. The van der Waals surface area contributed by atoms with Crippen LogP contribution in [-0.4, -0.2) is 28.0 Å². The van der Waals surface area contributed by atoms with Crippen molar-refractivity contribution in [1.82, 2.24) is 14.5 Å². The quantitative estimate of drug-likeness (QED) is 0.728. The Kier molecular flexibility index (Phi) is 2.88. The van der Waals surface area contributed by atoms with Gasteiger partial charge in [-0.05, 0) is 24.7 Å². The fourth-order valence-electron chi connectivity index (χ4n) is 1.77. The van der Waals surface area contributed by atoms with Gasteiger partial charge >= 0.3 is 0 Å². The van der Waals surface area contributed by atoms with Crippen molar-refractivity contribution in [1.29, 1.82) is 5.26 Å². The van der Waals surface area contributed by atoms with E-state index in [4.69, 9.17) is 5.26 Å². The normalized spacial score (nSPS) is 10.9. The molecule has 0 unspecified atom stereocenters. The summed E-state index contributed by atoms with van der Waals surface area (Å²) in [5.74, 6) is 0. The molecule has 2 aromatic rings. The number of hydrogen-bond acceptors (Lipinski definition) is 3. The van der Waals surface area contributed by atoms with E-state index >= 15 is 0 Å². The minimum absolute atomic E-state index is 0.445. The minimum atomic E-state index is 0.445. The first-order chi connectivity index (χ1) is 7.70. The highest BCUT2D eigenvalue weighted by atomic mass is 15.1. The van der Waals surface area contributed by atoms with Gasteiger partial charge in [0.2, 0.25) is 0 Å². The zero-order valence-electron chi connectivity index (χ0n) is 9.51. The van der Waals surface area contributed by atoms with E-state index < -0.39 is 0 Å². The lowest BCUT2D eigenvalue weighted by Crippen LogP contribution is -2.17. The second-order valence-electron chi connectivity index (χ2n) is 4.01. The van der Waals surface area contributed by atoms with Gasteiger partial charge in [0.1, 0.15) is 0 Å². The second kappa shape index (κ2) is 4.33. The molecule has 2 rings (SSSR count). The van der Waals surface area contributed by atoms with E-state index in [1.807, 2.05) is 29.9 Å². The molecule has 0 amide bonds. The highest BCUT2D eigenvalue weighted by Gasteiger charge is 2.03. The number of aryl methyl sites for hydroxylation is 1. The van der Waals surface area contributed by atoms with E-state index in [0.29, 0.717) is 6.54 Å². The van der Waals surface area contributed by atoms with Gasteiger partial charge in [-0.15, -0.1) is 0 Å². The number of aromatic nitrogens is 2. The van der Waals surface area contributed by atoms with Crippen molar-refractivity contribution in [3.63, 3.8) is 0 Å². The van der Waals surface area contributed by atoms with Crippen molar-refractivity contribution < 1.29 is 0 Å². The van der Waals surface area contributed by atoms with Crippen LogP contribution in [0, 0.1) is 11.3 Å². The fourth-order valence-corrected chi connectivity index (χ4v) is 1.77. The summed E-state index contributed by atoms with van der Waals surface area (Å²) in [7, 11) is 3.92. The van der Waals surface area contributed by atoms with Crippen molar-refractivity contribution in [3.05, 3.63) is 30.1 Å². The zero-order chi connectivity index (χ0) is 11.5. The Morgan fingerprint density at radius 1 is 1.50 bits per heavy atom. The van der Waals surface area contributed by atoms with Gasteiger partial charge in [-0.1, -0.05) is 6.07 Å². The van der Waals surface area contributed by atoms with Crippen molar-refractivity contribution in [2.45, 2.75) is 6.54 Å². The van der Waals surface area contributed by atoms with Gasteiger partial charge in [0.05, 0.1) is 30.0 Å². The standard InChI is InChI=1S/C12H14N4/c1-15(6-5-13)8-10-3-4-12-11(7-10)14-9-16(12)2/h3-4,7,9H,6,8H2,1-2H3. The van der Waals surface area contributed by atoms with Gasteiger partial charge in [0.25, 0.3) is 0 Å². The van der Waals surface area contributed by atoms with Gasteiger partial charge in [-0.2, -0.15) is 5.26 Å². The molecule has 0 N–H and O–H groups in total. The fraction of sp³-hybridized carbons (Fsp3) is 0.333. The molecule has 0 aliphatic rings. The molecule has 1 aromatic carbocycles. The van der Waals surface area contributed by atoms with Crippen LogP contribution in [0.3, 0.4) is 0 Å². The summed E-state index contributed by atoms with van der Waals surface area (Å²) >= 11 is 0. The number of hydrogen-bond donors (Lipinski definition) is 0. The number of rotatable bonds is 3. The average molecular weight is 214 g/mol. The predicted octanol–water partition coefficient (Wildman–Crippen LogP) is 1.53. The van der Waals surface area contributed by atoms with E-state index in [1.54, 1.807) is 0 Å². The molecule has 0 saturated carbocycles. The topological polar surface area (TPSA) is 44.9 Å². The molecule has 0 spiro atoms. The Balaban J connectivity index is 2.23. The summed E-state index contributed by atoms with van der Waals surface area (Å²) in [5.41, 5.74) is 3.32. The van der Waals surface area contributed by atoms with Crippen molar-refractivity contribution in [2.75, 3.05) is 13.6 Å². The maximum absolute atomic E-state index is 8.58. The van der Waals surface area contributed by atoms with Crippen molar-refractivity contribution >= 4 is 11.0 Å². The largest absolute Gasteiger partial charge is 0.334 e. The van der Waals surface area contributed by atoms with Crippen LogP contribution >= 0.6 is 0 Å². The van der Waals surface area contributed by atoms with E-state index in [1.165, 1.54) is 5.56 Å². The Bertz CT molecular complexity index is 535. The molecule has 0 atom stereocenters. The summed E-state index contributed by atoms with van der Waals surface area (Å²) in [6.07, 6.45) is 1.81. The Morgan fingerprint density at radius 2 is 2.31 bits per heavy atom. The summed E-state index contributed by atoms with van der Waals surface area (Å²) < 4.78 is 2.00. The first-order valence-corrected chi connectivity index (χ1v) is 5.16. The molecule has 0 radical (unpaired) electrons. The molecule has 0 aliphatic heterocycles. The highest BCUT2D eigenvalue weighted by Crippen LogP contribution is 2.14. The first-order valence-electron chi connectivity index (χ1n) is 5.16. The van der Waals surface area contributed by atoms with Crippen molar-refractivity contribution in [2.24, 2.45) is 7.05 Å². The lowest BCUT2D eigenvalue weighted by Gasteiger charge is -2.12. The van der Waals surface area contributed by atoms with Gasteiger partial charge in [-0.25, -0.2) is 4.98 Å². The molecule has 0 aliphatic carbocycles. The monoisotopic (exact) mass is 214 g/mol. The lowest BCUT2D eigenvalue weighted by atomic mass is 10.2. The van der Waals surface area contributed by atoms with E-state index in [9.17, 15) is 0 Å². The highest BCUT2D eigenvalue weighted by molar-refractivity contribution is 5.75. The third-order valence-corrected chi connectivity index (χ3v) is 2.58. The van der Waals surface area contributed by atoms with E-state index in [-0.39, 0.29) is 0 Å². The molecule has 0 fully saturated rings.